The highest BCUT2D eigenvalue weighted by Crippen LogP contribution is 2.36. The number of aromatic nitrogens is 1. The summed E-state index contributed by atoms with van der Waals surface area (Å²) < 4.78 is 50.1. The Morgan fingerprint density at radius 3 is 2.46 bits per heavy atom. The number of carbonyl (C=O) groups is 1. The molecule has 0 radical (unpaired) electrons. The highest BCUT2D eigenvalue weighted by Gasteiger charge is 2.30. The van der Waals surface area contributed by atoms with Gasteiger partial charge in [0.15, 0.2) is 6.10 Å². The number of aryl methyl sites for hydroxylation is 1. The van der Waals surface area contributed by atoms with E-state index in [4.69, 9.17) is 14.5 Å². The molecule has 1 fully saturated rings. The Hall–Kier alpha value is -2.60. The number of nitrogens with zero attached hydrogens (tertiary/aromatic N) is 2. The van der Waals surface area contributed by atoms with E-state index in [2.05, 4.69) is 24.1 Å². The summed E-state index contributed by atoms with van der Waals surface area (Å²) in [5.74, 6) is 0.893. The molecule has 0 amide bonds. The van der Waals surface area contributed by atoms with Gasteiger partial charge in [-0.2, -0.15) is 13.2 Å². The van der Waals surface area contributed by atoms with Crippen molar-refractivity contribution in [3.63, 3.8) is 0 Å². The monoisotopic (exact) mass is 607 g/mol. The van der Waals surface area contributed by atoms with Gasteiger partial charge in [0.1, 0.15) is 10.8 Å². The van der Waals surface area contributed by atoms with Gasteiger partial charge in [-0.1, -0.05) is 12.1 Å². The Kier molecular flexibility index (Phi) is 10.4. The van der Waals surface area contributed by atoms with Crippen molar-refractivity contribution < 1.29 is 27.4 Å². The Morgan fingerprint density at radius 1 is 1.17 bits per heavy atom. The Balaban J connectivity index is 1.52. The molecular formula is C30H36F3N3O3S2. The molecule has 2 aromatic carbocycles. The van der Waals surface area contributed by atoms with Crippen LogP contribution in [0.1, 0.15) is 49.4 Å². The van der Waals surface area contributed by atoms with E-state index in [0.29, 0.717) is 47.3 Å². The molecule has 0 spiro atoms. The first kappa shape index (κ1) is 31.3. The fourth-order valence-electron chi connectivity index (χ4n) is 4.82. The molecule has 0 saturated carbocycles. The number of hydrogen-bond donors (Lipinski definition) is 1. The normalized spacial score (nSPS) is 18.7. The second-order valence-corrected chi connectivity index (χ2v) is 12.5. The molecule has 3 aromatic rings. The first-order valence-electron chi connectivity index (χ1n) is 13.6. The molecule has 3 atom stereocenters. The van der Waals surface area contributed by atoms with Crippen molar-refractivity contribution >= 4 is 29.1 Å². The highest BCUT2D eigenvalue weighted by atomic mass is 32.2. The van der Waals surface area contributed by atoms with Crippen LogP contribution in [0.15, 0.2) is 47.4 Å². The van der Waals surface area contributed by atoms with Gasteiger partial charge in [0.2, 0.25) is 0 Å². The lowest BCUT2D eigenvalue weighted by molar-refractivity contribution is -0.150. The molecule has 2 heterocycles. The molecular weight excluding hydrogens is 571 g/mol. The van der Waals surface area contributed by atoms with Crippen LogP contribution in [-0.2, 0) is 28.0 Å². The molecule has 4 rings (SSSR count). The summed E-state index contributed by atoms with van der Waals surface area (Å²) in [4.78, 5) is 21.4. The van der Waals surface area contributed by atoms with E-state index >= 15 is 0 Å². The first-order valence-corrected chi connectivity index (χ1v) is 15.4. The number of rotatable bonds is 10. The minimum Gasteiger partial charge on any atom is -0.479 e. The van der Waals surface area contributed by atoms with Gasteiger partial charge in [0.25, 0.3) is 0 Å². The zero-order chi connectivity index (χ0) is 29.7. The highest BCUT2D eigenvalue weighted by molar-refractivity contribution is 7.98. The van der Waals surface area contributed by atoms with E-state index < -0.39 is 23.8 Å². The Morgan fingerprint density at radius 2 is 1.85 bits per heavy atom. The summed E-state index contributed by atoms with van der Waals surface area (Å²) in [7, 11) is 0. The fraction of sp³-hybridized carbons (Fsp3) is 0.467. The van der Waals surface area contributed by atoms with Gasteiger partial charge in [-0.15, -0.1) is 23.1 Å². The lowest BCUT2D eigenvalue weighted by atomic mass is 10.1. The number of thioether (sulfide) groups is 1. The van der Waals surface area contributed by atoms with Crippen LogP contribution in [0.5, 0.6) is 5.75 Å². The van der Waals surface area contributed by atoms with Gasteiger partial charge in [-0.05, 0) is 70.5 Å². The number of alkyl halides is 3. The maximum absolute atomic E-state index is 13.1. The van der Waals surface area contributed by atoms with Crippen molar-refractivity contribution in [2.75, 3.05) is 19.7 Å². The average Bonchev–Trinajstić information content (AvgIpc) is 3.30. The number of benzene rings is 2. The van der Waals surface area contributed by atoms with Crippen LogP contribution >= 0.6 is 23.1 Å². The van der Waals surface area contributed by atoms with Gasteiger partial charge < -0.3 is 14.8 Å². The minimum absolute atomic E-state index is 0.300. The predicted octanol–water partition coefficient (Wildman–Crippen LogP) is 6.94. The number of piperazine rings is 1. The standard InChI is InChI=1S/C30H36F3N3O3S2/c1-6-38-29(37)21(5)39-26-12-11-24(13-18(26)2)40-17-27-25(16-36-14-19(3)34-20(4)15-36)35-28(41-27)22-7-9-23(10-8-22)30(31,32)33/h7-13,19-21,34H,6,14-17H2,1-5H3. The van der Waals surface area contributed by atoms with E-state index in [-0.39, 0.29) is 0 Å². The number of ether oxygens (including phenoxy) is 2. The van der Waals surface area contributed by atoms with Gasteiger partial charge in [-0.3, -0.25) is 4.90 Å². The predicted molar refractivity (Wildman–Crippen MR) is 157 cm³/mol. The van der Waals surface area contributed by atoms with Crippen LogP contribution in [0.4, 0.5) is 13.2 Å². The molecule has 3 unspecified atom stereocenters. The van der Waals surface area contributed by atoms with Crippen LogP contribution in [0.3, 0.4) is 0 Å². The molecule has 1 N–H and O–H groups in total. The summed E-state index contributed by atoms with van der Waals surface area (Å²) in [6.07, 6.45) is -5.08. The number of carbonyl (C=O) groups excluding carboxylic acids is 1. The third kappa shape index (κ3) is 8.47. The SMILES string of the molecule is CCOC(=O)C(C)Oc1ccc(SCc2sc(-c3ccc(C(F)(F)F)cc3)nc2CN2CC(C)NC(C)C2)cc1C. The summed E-state index contributed by atoms with van der Waals surface area (Å²) in [5, 5.41) is 4.26. The number of nitrogens with one attached hydrogen (secondary N) is 1. The van der Waals surface area contributed by atoms with Crippen LogP contribution in [-0.4, -0.2) is 53.7 Å². The Bertz CT molecular complexity index is 1320. The van der Waals surface area contributed by atoms with Crippen LogP contribution < -0.4 is 10.1 Å². The minimum atomic E-state index is -4.38. The van der Waals surface area contributed by atoms with E-state index in [0.717, 1.165) is 46.3 Å². The van der Waals surface area contributed by atoms with Crippen LogP contribution in [0, 0.1) is 6.92 Å². The molecule has 222 valence electrons. The zero-order valence-corrected chi connectivity index (χ0v) is 25.5. The summed E-state index contributed by atoms with van der Waals surface area (Å²) in [6.45, 7) is 12.5. The molecule has 1 aliphatic heterocycles. The molecule has 1 saturated heterocycles. The van der Waals surface area contributed by atoms with E-state index in [1.165, 1.54) is 23.5 Å². The summed E-state index contributed by atoms with van der Waals surface area (Å²) in [6, 6.07) is 11.8. The van der Waals surface area contributed by atoms with E-state index in [1.54, 1.807) is 25.6 Å². The van der Waals surface area contributed by atoms with Crippen molar-refractivity contribution in [1.82, 2.24) is 15.2 Å². The second kappa shape index (κ2) is 13.6. The molecule has 0 aliphatic carbocycles. The molecule has 41 heavy (non-hydrogen) atoms. The maximum Gasteiger partial charge on any atom is 0.416 e. The third-order valence-corrected chi connectivity index (χ3v) is 9.03. The summed E-state index contributed by atoms with van der Waals surface area (Å²) in [5.41, 5.74) is 1.87. The second-order valence-electron chi connectivity index (χ2n) is 10.4. The van der Waals surface area contributed by atoms with Crippen molar-refractivity contribution in [3.8, 4) is 16.3 Å². The summed E-state index contributed by atoms with van der Waals surface area (Å²) >= 11 is 3.19. The van der Waals surface area contributed by atoms with Gasteiger partial charge >= 0.3 is 12.1 Å². The van der Waals surface area contributed by atoms with Gasteiger partial charge in [0, 0.05) is 52.8 Å². The number of esters is 1. The lowest BCUT2D eigenvalue weighted by Crippen LogP contribution is -2.53. The Labute approximate surface area is 247 Å². The van der Waals surface area contributed by atoms with E-state index in [1.807, 2.05) is 25.1 Å². The van der Waals surface area contributed by atoms with Gasteiger partial charge in [0.05, 0.1) is 17.9 Å². The van der Waals surface area contributed by atoms with Crippen LogP contribution in [0.2, 0.25) is 0 Å². The first-order chi connectivity index (χ1) is 19.4. The van der Waals surface area contributed by atoms with Crippen molar-refractivity contribution in [1.29, 1.82) is 0 Å². The van der Waals surface area contributed by atoms with Crippen LogP contribution in [0.25, 0.3) is 10.6 Å². The quantitative estimate of drug-likeness (QED) is 0.198. The molecule has 0 bridgehead atoms. The van der Waals surface area contributed by atoms with E-state index in [9.17, 15) is 18.0 Å². The maximum atomic E-state index is 13.1. The topological polar surface area (TPSA) is 63.7 Å². The number of halogens is 3. The number of thiazole rings is 1. The average molecular weight is 608 g/mol. The fourth-order valence-corrected chi connectivity index (χ4v) is 6.99. The van der Waals surface area contributed by atoms with Crippen molar-refractivity contribution in [3.05, 3.63) is 64.2 Å². The molecule has 1 aliphatic rings. The van der Waals surface area contributed by atoms with Crippen molar-refractivity contribution in [2.45, 2.75) is 76.2 Å². The smallest absolute Gasteiger partial charge is 0.416 e. The molecule has 6 nitrogen and oxygen atoms in total. The van der Waals surface area contributed by atoms with Gasteiger partial charge in [-0.25, -0.2) is 9.78 Å². The lowest BCUT2D eigenvalue weighted by Gasteiger charge is -2.35. The third-order valence-electron chi connectivity index (χ3n) is 6.68. The molecule has 1 aromatic heterocycles. The number of hydrogen-bond acceptors (Lipinski definition) is 8. The molecule has 11 heteroatoms. The largest absolute Gasteiger partial charge is 0.479 e. The van der Waals surface area contributed by atoms with Crippen molar-refractivity contribution in [2.24, 2.45) is 0 Å². The zero-order valence-electron chi connectivity index (χ0n) is 23.9.